The largest absolute Gasteiger partial charge is 0.250 e. The molecule has 0 unspecified atom stereocenters. The van der Waals surface area contributed by atoms with Gasteiger partial charge in [0.15, 0.2) is 0 Å². The van der Waals surface area contributed by atoms with Crippen LogP contribution in [0.2, 0.25) is 0 Å². The molecule has 1 saturated carbocycles. The zero-order valence-corrected chi connectivity index (χ0v) is 8.10. The molecule has 76 valence electrons. The maximum absolute atomic E-state index is 13.0. The van der Waals surface area contributed by atoms with Crippen molar-refractivity contribution in [1.82, 2.24) is 0 Å². The Hall–Kier alpha value is -0.920. The van der Waals surface area contributed by atoms with Crippen LogP contribution in [0.1, 0.15) is 31.2 Å². The van der Waals surface area contributed by atoms with E-state index in [4.69, 9.17) is 0 Å². The van der Waals surface area contributed by atoms with Crippen LogP contribution in [0.3, 0.4) is 0 Å². The molecule has 0 spiro atoms. The highest BCUT2D eigenvalue weighted by atomic mass is 19.1. The van der Waals surface area contributed by atoms with Gasteiger partial charge in [-0.25, -0.2) is 4.39 Å². The summed E-state index contributed by atoms with van der Waals surface area (Å²) in [6.45, 7) is -0.321. The van der Waals surface area contributed by atoms with E-state index in [0.717, 1.165) is 31.2 Å². The van der Waals surface area contributed by atoms with Gasteiger partial charge in [0.05, 0.1) is 6.67 Å². The number of hydrogen-bond acceptors (Lipinski definition) is 0. The Morgan fingerprint density at radius 2 is 1.64 bits per heavy atom. The van der Waals surface area contributed by atoms with Crippen molar-refractivity contribution in [2.45, 2.75) is 31.1 Å². The van der Waals surface area contributed by atoms with E-state index in [2.05, 4.69) is 0 Å². The van der Waals surface area contributed by atoms with Gasteiger partial charge in [-0.05, 0) is 30.5 Å². The predicted octanol–water partition coefficient (Wildman–Crippen LogP) is 3.61. The normalized spacial score (nSPS) is 19.9. The lowest BCUT2D eigenvalue weighted by molar-refractivity contribution is 0.309. The summed E-state index contributed by atoms with van der Waals surface area (Å²) in [7, 11) is 0. The first-order valence-corrected chi connectivity index (χ1v) is 5.09. The van der Waals surface area contributed by atoms with Gasteiger partial charge in [0.25, 0.3) is 0 Å². The molecule has 2 heteroatoms. The first-order chi connectivity index (χ1) is 6.77. The molecule has 0 atom stereocenters. The van der Waals surface area contributed by atoms with Crippen LogP contribution in [0.5, 0.6) is 0 Å². The Kier molecular flexibility index (Phi) is 2.53. The van der Waals surface area contributed by atoms with E-state index in [0.29, 0.717) is 0 Å². The quantitative estimate of drug-likeness (QED) is 0.677. The van der Waals surface area contributed by atoms with Gasteiger partial charge in [-0.15, -0.1) is 0 Å². The number of alkyl halides is 1. The minimum Gasteiger partial charge on any atom is -0.250 e. The van der Waals surface area contributed by atoms with E-state index in [1.807, 2.05) is 0 Å². The van der Waals surface area contributed by atoms with E-state index in [1.165, 1.54) is 12.1 Å². The summed E-state index contributed by atoms with van der Waals surface area (Å²) in [6, 6.07) is 6.29. The van der Waals surface area contributed by atoms with Crippen LogP contribution in [-0.4, -0.2) is 6.67 Å². The van der Waals surface area contributed by atoms with Gasteiger partial charge in [-0.3, -0.25) is 4.39 Å². The molecule has 14 heavy (non-hydrogen) atoms. The van der Waals surface area contributed by atoms with Crippen LogP contribution in [0.15, 0.2) is 24.3 Å². The van der Waals surface area contributed by atoms with Crippen molar-refractivity contribution in [2.75, 3.05) is 6.67 Å². The minimum atomic E-state index is -0.321. The molecular formula is C12H14F2. The fourth-order valence-electron chi connectivity index (χ4n) is 2.35. The average molecular weight is 196 g/mol. The average Bonchev–Trinajstić information content (AvgIpc) is 2.68. The second-order valence-corrected chi connectivity index (χ2v) is 4.13. The molecule has 0 N–H and O–H groups in total. The van der Waals surface area contributed by atoms with Gasteiger partial charge in [0.1, 0.15) is 5.82 Å². The Labute approximate surface area is 82.9 Å². The van der Waals surface area contributed by atoms with Crippen LogP contribution < -0.4 is 0 Å². The Balaban J connectivity index is 2.31. The van der Waals surface area contributed by atoms with Gasteiger partial charge < -0.3 is 0 Å². The maximum atomic E-state index is 13.0. The van der Waals surface area contributed by atoms with Gasteiger partial charge in [0.2, 0.25) is 0 Å². The summed E-state index contributed by atoms with van der Waals surface area (Å²) < 4.78 is 25.8. The van der Waals surface area contributed by atoms with Crippen molar-refractivity contribution in [2.24, 2.45) is 0 Å². The molecule has 0 radical (unpaired) electrons. The van der Waals surface area contributed by atoms with E-state index in [1.54, 1.807) is 12.1 Å². The Morgan fingerprint density at radius 3 is 2.14 bits per heavy atom. The van der Waals surface area contributed by atoms with Crippen LogP contribution in [-0.2, 0) is 5.41 Å². The lowest BCUT2D eigenvalue weighted by Gasteiger charge is -2.25. The molecule has 0 amide bonds. The van der Waals surface area contributed by atoms with Crippen molar-refractivity contribution >= 4 is 0 Å². The minimum absolute atomic E-state index is 0.249. The third-order valence-electron chi connectivity index (χ3n) is 3.27. The second-order valence-electron chi connectivity index (χ2n) is 4.13. The maximum Gasteiger partial charge on any atom is 0.123 e. The molecular weight excluding hydrogens is 182 g/mol. The molecule has 0 aromatic heterocycles. The zero-order chi connectivity index (χ0) is 10.0. The van der Waals surface area contributed by atoms with Crippen molar-refractivity contribution in [1.29, 1.82) is 0 Å². The predicted molar refractivity (Wildman–Crippen MR) is 52.5 cm³/mol. The molecule has 0 bridgehead atoms. The molecule has 0 heterocycles. The van der Waals surface area contributed by atoms with Crippen LogP contribution in [0.4, 0.5) is 8.78 Å². The van der Waals surface area contributed by atoms with E-state index in [-0.39, 0.29) is 17.9 Å². The smallest absolute Gasteiger partial charge is 0.123 e. The van der Waals surface area contributed by atoms with Gasteiger partial charge in [-0.1, -0.05) is 25.0 Å². The lowest BCUT2D eigenvalue weighted by Crippen LogP contribution is -2.24. The number of benzene rings is 1. The summed E-state index contributed by atoms with van der Waals surface area (Å²) in [4.78, 5) is 0. The van der Waals surface area contributed by atoms with Crippen LogP contribution >= 0.6 is 0 Å². The Morgan fingerprint density at radius 1 is 1.07 bits per heavy atom. The highest BCUT2D eigenvalue weighted by Crippen LogP contribution is 2.41. The van der Waals surface area contributed by atoms with Crippen molar-refractivity contribution in [3.63, 3.8) is 0 Å². The highest BCUT2D eigenvalue weighted by Gasteiger charge is 2.35. The van der Waals surface area contributed by atoms with Crippen molar-refractivity contribution in [3.8, 4) is 0 Å². The van der Waals surface area contributed by atoms with Gasteiger partial charge in [0, 0.05) is 5.41 Å². The monoisotopic (exact) mass is 196 g/mol. The van der Waals surface area contributed by atoms with Gasteiger partial charge in [-0.2, -0.15) is 0 Å². The van der Waals surface area contributed by atoms with E-state index in [9.17, 15) is 8.78 Å². The van der Waals surface area contributed by atoms with E-state index < -0.39 is 0 Å². The zero-order valence-electron chi connectivity index (χ0n) is 8.10. The Bertz CT molecular complexity index is 297. The fourth-order valence-corrected chi connectivity index (χ4v) is 2.35. The molecule has 0 aliphatic heterocycles. The fraction of sp³-hybridized carbons (Fsp3) is 0.500. The molecule has 1 aromatic carbocycles. The first kappa shape index (κ1) is 9.63. The summed E-state index contributed by atoms with van der Waals surface area (Å²) in [5, 5.41) is 0. The number of hydrogen-bond donors (Lipinski definition) is 0. The van der Waals surface area contributed by atoms with Crippen LogP contribution in [0.25, 0.3) is 0 Å². The molecule has 1 aromatic rings. The summed E-state index contributed by atoms with van der Waals surface area (Å²) in [6.07, 6.45) is 3.97. The van der Waals surface area contributed by atoms with E-state index >= 15 is 0 Å². The first-order valence-electron chi connectivity index (χ1n) is 5.09. The summed E-state index contributed by atoms with van der Waals surface area (Å²) in [5.74, 6) is -0.249. The van der Waals surface area contributed by atoms with Gasteiger partial charge >= 0.3 is 0 Å². The lowest BCUT2D eigenvalue weighted by atomic mass is 9.80. The molecule has 0 nitrogen and oxygen atoms in total. The highest BCUT2D eigenvalue weighted by molar-refractivity contribution is 5.27. The number of rotatable bonds is 2. The SMILES string of the molecule is FCC1(c2ccc(F)cc2)CCCC1. The molecule has 1 aliphatic rings. The second kappa shape index (κ2) is 3.68. The topological polar surface area (TPSA) is 0 Å². The summed E-state index contributed by atoms with van der Waals surface area (Å²) >= 11 is 0. The van der Waals surface area contributed by atoms with Crippen LogP contribution in [0, 0.1) is 5.82 Å². The summed E-state index contributed by atoms with van der Waals surface area (Å²) in [5.41, 5.74) is 0.646. The van der Waals surface area contributed by atoms with Crippen molar-refractivity contribution in [3.05, 3.63) is 35.6 Å². The number of halogens is 2. The van der Waals surface area contributed by atoms with Crippen molar-refractivity contribution < 1.29 is 8.78 Å². The molecule has 1 aliphatic carbocycles. The molecule has 0 saturated heterocycles. The molecule has 2 rings (SSSR count). The third kappa shape index (κ3) is 1.54. The third-order valence-corrected chi connectivity index (χ3v) is 3.27. The standard InChI is InChI=1S/C12H14F2/c13-9-12(7-1-2-8-12)10-3-5-11(14)6-4-10/h3-6H,1-2,7-9H2. The molecule has 1 fully saturated rings.